The van der Waals surface area contributed by atoms with Crippen molar-refractivity contribution in [2.24, 2.45) is 5.92 Å². The minimum atomic E-state index is -0.00287. The molecule has 1 aromatic heterocycles. The third-order valence-electron chi connectivity index (χ3n) is 5.05. The normalized spacial score (nSPS) is 15.9. The molecule has 1 N–H and O–H groups in total. The molecule has 0 radical (unpaired) electrons. The fourth-order valence-electron chi connectivity index (χ4n) is 3.58. The maximum atomic E-state index is 12.4. The Labute approximate surface area is 172 Å². The monoisotopic (exact) mass is 400 g/mol. The fourth-order valence-corrected chi connectivity index (χ4v) is 4.36. The number of rotatable bonds is 7. The summed E-state index contributed by atoms with van der Waals surface area (Å²) in [6.45, 7) is 15.1. The van der Waals surface area contributed by atoms with E-state index in [1.165, 1.54) is 6.54 Å². The summed E-state index contributed by atoms with van der Waals surface area (Å²) in [4.78, 5) is 22.1. The summed E-state index contributed by atoms with van der Waals surface area (Å²) >= 11 is 1.58. The van der Waals surface area contributed by atoms with E-state index in [9.17, 15) is 4.79 Å². The molecule has 1 saturated heterocycles. The first-order valence-electron chi connectivity index (χ1n) is 10.1. The molecule has 0 bridgehead atoms. The van der Waals surface area contributed by atoms with Gasteiger partial charge in [-0.25, -0.2) is 4.98 Å². The lowest BCUT2D eigenvalue weighted by Gasteiger charge is -2.35. The van der Waals surface area contributed by atoms with Gasteiger partial charge in [0.25, 0.3) is 0 Å². The van der Waals surface area contributed by atoms with E-state index in [1.807, 2.05) is 26.0 Å². The number of amides is 1. The van der Waals surface area contributed by atoms with Crippen molar-refractivity contribution in [3.05, 3.63) is 45.4 Å². The Morgan fingerprint density at radius 2 is 1.89 bits per heavy atom. The number of hydrogen-bond acceptors (Lipinski definition) is 5. The van der Waals surface area contributed by atoms with Crippen LogP contribution in [0.15, 0.2) is 23.6 Å². The van der Waals surface area contributed by atoms with Crippen LogP contribution >= 0.6 is 11.3 Å². The number of carbonyl (C=O) groups excluding carboxylic acids is 1. The van der Waals surface area contributed by atoms with Gasteiger partial charge in [0.15, 0.2) is 0 Å². The number of aromatic nitrogens is 1. The minimum Gasteiger partial charge on any atom is -0.325 e. The molecule has 1 fully saturated rings. The minimum absolute atomic E-state index is 0.00287. The largest absolute Gasteiger partial charge is 0.325 e. The van der Waals surface area contributed by atoms with E-state index in [2.05, 4.69) is 40.4 Å². The topological polar surface area (TPSA) is 48.5 Å². The van der Waals surface area contributed by atoms with Gasteiger partial charge in [-0.05, 0) is 37.0 Å². The van der Waals surface area contributed by atoms with E-state index in [0.29, 0.717) is 6.42 Å². The molecule has 1 aromatic carbocycles. The van der Waals surface area contributed by atoms with Gasteiger partial charge in [0.05, 0.1) is 12.1 Å². The van der Waals surface area contributed by atoms with Crippen LogP contribution in [0.1, 0.15) is 35.7 Å². The molecule has 2 heterocycles. The van der Waals surface area contributed by atoms with E-state index >= 15 is 0 Å². The predicted octanol–water partition coefficient (Wildman–Crippen LogP) is 3.71. The molecule has 1 aliphatic rings. The maximum absolute atomic E-state index is 12.4. The molecule has 28 heavy (non-hydrogen) atoms. The van der Waals surface area contributed by atoms with Gasteiger partial charge < -0.3 is 10.2 Å². The van der Waals surface area contributed by atoms with Crippen LogP contribution in [0.25, 0.3) is 0 Å². The van der Waals surface area contributed by atoms with Gasteiger partial charge in [0, 0.05) is 50.3 Å². The molecular formula is C22H32N4OS. The van der Waals surface area contributed by atoms with Crippen LogP contribution in [0.5, 0.6) is 0 Å². The zero-order valence-electron chi connectivity index (χ0n) is 17.5. The Balaban J connectivity index is 1.48. The molecule has 6 heteroatoms. The van der Waals surface area contributed by atoms with Gasteiger partial charge in [-0.2, -0.15) is 0 Å². The van der Waals surface area contributed by atoms with Gasteiger partial charge in [-0.15, -0.1) is 11.3 Å². The number of piperazine rings is 1. The number of hydrogen-bond donors (Lipinski definition) is 1. The summed E-state index contributed by atoms with van der Waals surface area (Å²) in [5.74, 6) is 0.722. The zero-order valence-corrected chi connectivity index (χ0v) is 18.3. The Kier molecular flexibility index (Phi) is 7.21. The predicted molar refractivity (Wildman–Crippen MR) is 117 cm³/mol. The van der Waals surface area contributed by atoms with Gasteiger partial charge in [-0.3, -0.25) is 9.69 Å². The van der Waals surface area contributed by atoms with Crippen LogP contribution in [-0.4, -0.2) is 53.4 Å². The molecular weight excluding hydrogens is 368 g/mol. The molecule has 2 aromatic rings. The highest BCUT2D eigenvalue weighted by atomic mass is 32.1. The van der Waals surface area contributed by atoms with Crippen LogP contribution < -0.4 is 5.32 Å². The second-order valence-electron chi connectivity index (χ2n) is 8.25. The van der Waals surface area contributed by atoms with E-state index in [1.54, 1.807) is 11.3 Å². The highest BCUT2D eigenvalue weighted by Crippen LogP contribution is 2.18. The van der Waals surface area contributed by atoms with Gasteiger partial charge >= 0.3 is 0 Å². The van der Waals surface area contributed by atoms with Crippen molar-refractivity contribution in [1.82, 2.24) is 14.8 Å². The lowest BCUT2D eigenvalue weighted by Crippen LogP contribution is -2.46. The third-order valence-corrected chi connectivity index (χ3v) is 5.95. The van der Waals surface area contributed by atoms with Crippen molar-refractivity contribution in [2.75, 3.05) is 38.0 Å². The summed E-state index contributed by atoms with van der Waals surface area (Å²) in [5.41, 5.74) is 4.19. The number of nitrogens with zero attached hydrogens (tertiary/aromatic N) is 3. The van der Waals surface area contributed by atoms with Gasteiger partial charge in [-0.1, -0.05) is 26.0 Å². The van der Waals surface area contributed by atoms with Gasteiger partial charge in [0.2, 0.25) is 5.91 Å². The highest BCUT2D eigenvalue weighted by molar-refractivity contribution is 7.09. The summed E-state index contributed by atoms with van der Waals surface area (Å²) in [7, 11) is 0. The van der Waals surface area contributed by atoms with Crippen LogP contribution in [0, 0.1) is 19.8 Å². The number of aryl methyl sites for hydroxylation is 2. The van der Waals surface area contributed by atoms with Crippen molar-refractivity contribution in [1.29, 1.82) is 0 Å². The Morgan fingerprint density at radius 1 is 1.18 bits per heavy atom. The molecule has 152 valence electrons. The zero-order chi connectivity index (χ0) is 20.1. The van der Waals surface area contributed by atoms with Crippen LogP contribution in [0.3, 0.4) is 0 Å². The number of thiazole rings is 1. The van der Waals surface area contributed by atoms with Crippen molar-refractivity contribution in [3.8, 4) is 0 Å². The maximum Gasteiger partial charge on any atom is 0.231 e. The highest BCUT2D eigenvalue weighted by Gasteiger charge is 2.18. The second-order valence-corrected chi connectivity index (χ2v) is 9.19. The number of carbonyl (C=O) groups is 1. The Hall–Kier alpha value is -1.76. The smallest absolute Gasteiger partial charge is 0.231 e. The molecule has 1 amide bonds. The third kappa shape index (κ3) is 6.12. The molecule has 0 spiro atoms. The van der Waals surface area contributed by atoms with E-state index in [-0.39, 0.29) is 5.91 Å². The molecule has 5 nitrogen and oxygen atoms in total. The Morgan fingerprint density at radius 3 is 2.61 bits per heavy atom. The molecule has 1 aliphatic heterocycles. The van der Waals surface area contributed by atoms with E-state index in [4.69, 9.17) is 4.98 Å². The second kappa shape index (κ2) is 9.63. The summed E-state index contributed by atoms with van der Waals surface area (Å²) in [6.07, 6.45) is 0.334. The van der Waals surface area contributed by atoms with Crippen LogP contribution in [-0.2, 0) is 17.8 Å². The molecule has 0 saturated carbocycles. The number of anilines is 1. The first-order chi connectivity index (χ1) is 13.4. The van der Waals surface area contributed by atoms with Gasteiger partial charge in [0.1, 0.15) is 5.01 Å². The molecule has 0 unspecified atom stereocenters. The molecule has 3 rings (SSSR count). The summed E-state index contributed by atoms with van der Waals surface area (Å²) < 4.78 is 0. The summed E-state index contributed by atoms with van der Waals surface area (Å²) in [5, 5.41) is 6.01. The van der Waals surface area contributed by atoms with Crippen molar-refractivity contribution >= 4 is 22.9 Å². The van der Waals surface area contributed by atoms with Crippen molar-refractivity contribution in [2.45, 2.75) is 40.7 Å². The first kappa shape index (κ1) is 21.0. The quantitative estimate of drug-likeness (QED) is 0.770. The fraction of sp³-hybridized carbons (Fsp3) is 0.545. The molecule has 0 atom stereocenters. The summed E-state index contributed by atoms with van der Waals surface area (Å²) in [6, 6.07) is 6.10. The van der Waals surface area contributed by atoms with Crippen molar-refractivity contribution in [3.63, 3.8) is 0 Å². The Bertz CT molecular complexity index is 794. The number of benzene rings is 1. The average Bonchev–Trinajstić information content (AvgIpc) is 3.06. The van der Waals surface area contributed by atoms with E-state index < -0.39 is 0 Å². The lowest BCUT2D eigenvalue weighted by molar-refractivity contribution is -0.115. The standard InChI is InChI=1S/C22H32N4OS/c1-16(2)13-25-7-9-26(10-8-25)14-19-15-28-22(23-19)12-21(27)24-20-11-17(3)5-6-18(20)4/h5-6,11,15-16H,7-10,12-14H2,1-4H3,(H,24,27). The number of nitrogens with one attached hydrogen (secondary N) is 1. The lowest BCUT2D eigenvalue weighted by atomic mass is 10.1. The van der Waals surface area contributed by atoms with E-state index in [0.717, 1.165) is 66.2 Å². The van der Waals surface area contributed by atoms with Crippen LogP contribution in [0.4, 0.5) is 5.69 Å². The average molecular weight is 401 g/mol. The SMILES string of the molecule is Cc1ccc(C)c(NC(=O)Cc2nc(CN3CCN(CC(C)C)CC3)cs2)c1. The first-order valence-corrected chi connectivity index (χ1v) is 11.0. The van der Waals surface area contributed by atoms with Crippen LogP contribution in [0.2, 0.25) is 0 Å². The molecule has 0 aliphatic carbocycles. The van der Waals surface area contributed by atoms with Crippen molar-refractivity contribution < 1.29 is 4.79 Å².